The molecule has 0 saturated carbocycles. The molecule has 4 aromatic rings. The zero-order valence-electron chi connectivity index (χ0n) is 21.3. The molecule has 1 aromatic heterocycles. The third-order valence-electron chi connectivity index (χ3n) is 6.11. The zero-order valence-corrected chi connectivity index (χ0v) is 21.3. The fourth-order valence-electron chi connectivity index (χ4n) is 4.28. The van der Waals surface area contributed by atoms with Gasteiger partial charge in [0.05, 0.1) is 27.1 Å². The summed E-state index contributed by atoms with van der Waals surface area (Å²) in [5.74, 6) is 1.96. The van der Waals surface area contributed by atoms with E-state index in [1.165, 1.54) is 0 Å². The molecule has 0 saturated heterocycles. The first-order valence-electron chi connectivity index (χ1n) is 11.9. The summed E-state index contributed by atoms with van der Waals surface area (Å²) in [6, 6.07) is 17.5. The van der Waals surface area contributed by atoms with E-state index in [4.69, 9.17) is 18.6 Å². The topological polar surface area (TPSA) is 69.9 Å². The van der Waals surface area contributed by atoms with Gasteiger partial charge in [0.2, 0.25) is 5.91 Å². The number of allylic oxidation sites excluding steroid dienone is 1. The first-order valence-corrected chi connectivity index (χ1v) is 11.9. The molecule has 1 amide bonds. The van der Waals surface area contributed by atoms with Crippen LogP contribution < -0.4 is 19.5 Å². The van der Waals surface area contributed by atoms with E-state index in [0.29, 0.717) is 30.4 Å². The Balaban J connectivity index is 1.77. The van der Waals surface area contributed by atoms with Crippen LogP contribution in [0.1, 0.15) is 30.5 Å². The normalized spacial score (nSPS) is 11.4. The number of benzene rings is 3. The fourth-order valence-corrected chi connectivity index (χ4v) is 4.28. The van der Waals surface area contributed by atoms with Gasteiger partial charge in [0.15, 0.2) is 0 Å². The van der Waals surface area contributed by atoms with Crippen molar-refractivity contribution in [2.24, 2.45) is 0 Å². The standard InChI is InChI=1S/C30H31NO5/c1-6-35-29-20(3)30-25(26(18-36-30)24-15-22(33-4)12-13-27(24)34-5)16-23(29)19(2)14-28(32)31-17-21-10-8-7-9-11-21/h7-16,18H,6,17H2,1-5H3,(H,31,32)/b19-14+. The van der Waals surface area contributed by atoms with E-state index in [0.717, 1.165) is 44.4 Å². The minimum absolute atomic E-state index is 0.168. The number of methoxy groups -OCH3 is 2. The van der Waals surface area contributed by atoms with Gasteiger partial charge in [-0.25, -0.2) is 0 Å². The number of amides is 1. The van der Waals surface area contributed by atoms with Gasteiger partial charge in [-0.05, 0) is 56.2 Å². The van der Waals surface area contributed by atoms with Crippen LogP contribution >= 0.6 is 0 Å². The molecule has 0 spiro atoms. The van der Waals surface area contributed by atoms with Crippen molar-refractivity contribution in [1.82, 2.24) is 5.32 Å². The monoisotopic (exact) mass is 485 g/mol. The number of hydrogen-bond donors (Lipinski definition) is 1. The summed E-state index contributed by atoms with van der Waals surface area (Å²) in [6.45, 7) is 6.77. The van der Waals surface area contributed by atoms with Gasteiger partial charge in [-0.1, -0.05) is 30.3 Å². The van der Waals surface area contributed by atoms with Crippen LogP contribution in [0.2, 0.25) is 0 Å². The molecule has 6 heteroatoms. The van der Waals surface area contributed by atoms with E-state index < -0.39 is 0 Å². The number of ether oxygens (including phenoxy) is 3. The lowest BCUT2D eigenvalue weighted by atomic mass is 9.96. The van der Waals surface area contributed by atoms with Crippen LogP contribution in [0.25, 0.3) is 27.7 Å². The summed E-state index contributed by atoms with van der Waals surface area (Å²) in [5.41, 5.74) is 5.99. The second kappa shape index (κ2) is 11.0. The van der Waals surface area contributed by atoms with Gasteiger partial charge in [-0.2, -0.15) is 0 Å². The van der Waals surface area contributed by atoms with Gasteiger partial charge in [0, 0.05) is 40.3 Å². The van der Waals surface area contributed by atoms with Crippen LogP contribution in [-0.4, -0.2) is 26.7 Å². The van der Waals surface area contributed by atoms with Crippen LogP contribution in [0.3, 0.4) is 0 Å². The second-order valence-electron chi connectivity index (χ2n) is 8.43. The number of furan rings is 1. The number of nitrogens with one attached hydrogen (secondary N) is 1. The van der Waals surface area contributed by atoms with Crippen molar-refractivity contribution >= 4 is 22.4 Å². The zero-order chi connectivity index (χ0) is 25.7. The van der Waals surface area contributed by atoms with E-state index in [1.807, 2.05) is 75.4 Å². The van der Waals surface area contributed by atoms with Gasteiger partial charge < -0.3 is 23.9 Å². The molecule has 0 radical (unpaired) electrons. The van der Waals surface area contributed by atoms with Crippen molar-refractivity contribution in [2.45, 2.75) is 27.3 Å². The molecule has 1 N–H and O–H groups in total. The van der Waals surface area contributed by atoms with Crippen molar-refractivity contribution in [3.05, 3.63) is 83.6 Å². The number of rotatable bonds is 9. The summed E-state index contributed by atoms with van der Waals surface area (Å²) in [7, 11) is 3.27. The maximum absolute atomic E-state index is 12.7. The molecule has 6 nitrogen and oxygen atoms in total. The molecule has 0 atom stereocenters. The summed E-state index contributed by atoms with van der Waals surface area (Å²) in [4.78, 5) is 12.7. The minimum atomic E-state index is -0.168. The van der Waals surface area contributed by atoms with Crippen LogP contribution in [0.15, 0.2) is 71.4 Å². The molecule has 0 aliphatic carbocycles. The number of carbonyl (C=O) groups excluding carboxylic acids is 1. The van der Waals surface area contributed by atoms with Crippen molar-refractivity contribution in [2.75, 3.05) is 20.8 Å². The van der Waals surface area contributed by atoms with Gasteiger partial charge in [-0.3, -0.25) is 4.79 Å². The van der Waals surface area contributed by atoms with Crippen LogP contribution in [0.5, 0.6) is 17.2 Å². The Hall–Kier alpha value is -4.19. The molecular formula is C30H31NO5. The predicted octanol–water partition coefficient (Wildman–Crippen LogP) is 6.54. The predicted molar refractivity (Wildman–Crippen MR) is 143 cm³/mol. The highest BCUT2D eigenvalue weighted by Gasteiger charge is 2.21. The highest BCUT2D eigenvalue weighted by Crippen LogP contribution is 2.43. The van der Waals surface area contributed by atoms with Gasteiger partial charge in [-0.15, -0.1) is 0 Å². The lowest BCUT2D eigenvalue weighted by molar-refractivity contribution is -0.116. The highest BCUT2D eigenvalue weighted by molar-refractivity contribution is 6.02. The Labute approximate surface area is 211 Å². The average Bonchev–Trinajstić information content (AvgIpc) is 3.33. The Bertz CT molecular complexity index is 1400. The van der Waals surface area contributed by atoms with Crippen molar-refractivity contribution in [3.63, 3.8) is 0 Å². The van der Waals surface area contributed by atoms with Gasteiger partial charge in [0.1, 0.15) is 22.8 Å². The highest BCUT2D eigenvalue weighted by atomic mass is 16.5. The Morgan fingerprint density at radius 2 is 1.81 bits per heavy atom. The number of carbonyl (C=O) groups is 1. The van der Waals surface area contributed by atoms with E-state index in [9.17, 15) is 4.79 Å². The van der Waals surface area contributed by atoms with E-state index in [1.54, 1.807) is 26.6 Å². The first-order chi connectivity index (χ1) is 17.5. The number of fused-ring (bicyclic) bond motifs is 1. The lowest BCUT2D eigenvalue weighted by Gasteiger charge is -2.15. The smallest absolute Gasteiger partial charge is 0.244 e. The summed E-state index contributed by atoms with van der Waals surface area (Å²) < 4.78 is 23.1. The average molecular weight is 486 g/mol. The summed E-state index contributed by atoms with van der Waals surface area (Å²) in [5, 5.41) is 3.86. The molecule has 0 aliphatic heterocycles. The summed E-state index contributed by atoms with van der Waals surface area (Å²) >= 11 is 0. The third kappa shape index (κ3) is 5.08. The van der Waals surface area contributed by atoms with Gasteiger partial charge >= 0.3 is 0 Å². The number of aryl methyl sites for hydroxylation is 1. The molecule has 0 fully saturated rings. The third-order valence-corrected chi connectivity index (χ3v) is 6.11. The Kier molecular flexibility index (Phi) is 7.64. The van der Waals surface area contributed by atoms with Crippen LogP contribution in [0.4, 0.5) is 0 Å². The second-order valence-corrected chi connectivity index (χ2v) is 8.43. The maximum atomic E-state index is 12.7. The van der Waals surface area contributed by atoms with Gasteiger partial charge in [0.25, 0.3) is 0 Å². The molecule has 3 aromatic carbocycles. The Morgan fingerprint density at radius 1 is 1.03 bits per heavy atom. The largest absolute Gasteiger partial charge is 0.497 e. The Morgan fingerprint density at radius 3 is 2.50 bits per heavy atom. The first kappa shape index (κ1) is 24.9. The van der Waals surface area contributed by atoms with E-state index in [2.05, 4.69) is 5.32 Å². The molecule has 0 bridgehead atoms. The number of hydrogen-bond acceptors (Lipinski definition) is 5. The molecule has 1 heterocycles. The van der Waals surface area contributed by atoms with Crippen LogP contribution in [0, 0.1) is 6.92 Å². The molecule has 4 rings (SSSR count). The minimum Gasteiger partial charge on any atom is -0.497 e. The molecule has 0 unspecified atom stereocenters. The summed E-state index contributed by atoms with van der Waals surface area (Å²) in [6.07, 6.45) is 3.33. The van der Waals surface area contributed by atoms with Crippen molar-refractivity contribution < 1.29 is 23.4 Å². The molecule has 186 valence electrons. The molecule has 36 heavy (non-hydrogen) atoms. The van der Waals surface area contributed by atoms with E-state index in [-0.39, 0.29) is 5.91 Å². The van der Waals surface area contributed by atoms with Crippen molar-refractivity contribution in [3.8, 4) is 28.4 Å². The van der Waals surface area contributed by atoms with Crippen LogP contribution in [-0.2, 0) is 11.3 Å². The lowest BCUT2D eigenvalue weighted by Crippen LogP contribution is -2.20. The molecular weight excluding hydrogens is 454 g/mol. The molecule has 0 aliphatic rings. The fraction of sp³-hybridized carbons (Fsp3) is 0.233. The maximum Gasteiger partial charge on any atom is 0.244 e. The quantitative estimate of drug-likeness (QED) is 0.273. The SMILES string of the molecule is CCOc1c(/C(C)=C/C(=O)NCc2ccccc2)cc2c(-c3cc(OC)ccc3OC)coc2c1C. The van der Waals surface area contributed by atoms with Crippen molar-refractivity contribution in [1.29, 1.82) is 0 Å². The van der Waals surface area contributed by atoms with E-state index >= 15 is 0 Å².